The minimum absolute atomic E-state index is 0.0528. The zero-order valence-corrected chi connectivity index (χ0v) is 58.4. The highest BCUT2D eigenvalue weighted by Gasteiger charge is 2.43. The maximum Gasteiger partial charge on any atom is 0.326 e. The average molecular weight is 1460 g/mol. The number of benzene rings is 1. The number of aliphatic carboxylic acids is 3. The number of aliphatic hydroxyl groups excluding tert-OH is 1. The monoisotopic (exact) mass is 1460 g/mol. The van der Waals surface area contributed by atoms with Crippen LogP contribution in [0.1, 0.15) is 148 Å². The Balaban J connectivity index is 1.92. The molecule has 13 amide bonds. The van der Waals surface area contributed by atoms with E-state index < -0.39 is 206 Å². The molecule has 0 radical (unpaired) electrons. The molecule has 2 aliphatic heterocycles. The maximum atomic E-state index is 14.8. The van der Waals surface area contributed by atoms with Crippen LogP contribution in [0.4, 0.5) is 0 Å². The topological polar surface area (TPSA) is 637 Å². The number of rotatable bonds is 49. The molecule has 0 bridgehead atoms. The number of hydrogen-bond donors (Lipinski definition) is 20. The molecule has 103 heavy (non-hydrogen) atoms. The van der Waals surface area contributed by atoms with Crippen LogP contribution in [0, 0.1) is 0 Å². The smallest absolute Gasteiger partial charge is 0.326 e. The first-order chi connectivity index (χ1) is 48.9. The van der Waals surface area contributed by atoms with Gasteiger partial charge in [0.1, 0.15) is 66.5 Å². The van der Waals surface area contributed by atoms with Crippen LogP contribution in [0.15, 0.2) is 30.3 Å². The van der Waals surface area contributed by atoms with Gasteiger partial charge >= 0.3 is 17.9 Å². The molecule has 0 unspecified atom stereocenters. The standard InChI is InChI=1S/C65H106N18O20/c1-36(63(100)83-31-15-23-48(83)65(102)103)73-59(96)45(33-49(71)85)79-61(98)47-22-14-30-82(47)64(101)46(34-52(89)90)80-57(94)41(20-8-12-28-68)76-60(97)44(32-38-16-4-3-5-17-38)78-56(93)40(19-7-11-27-67)75-55(92)42(21-9-13-29-69)77-62(99)53(37(2)84)81-58(95)43(24-25-51(87)88)74-50(86)35-72-54(91)39(70)18-6-10-26-66/h3-5,16-17,36-37,39-48,53,84H,6-15,18-35,66-70H2,1-2H3,(H2,71,85)(H,72,91)(H,73,96)(H,74,86)(H,75,92)(H,76,97)(H,77,99)(H,78,93)(H,79,98)(H,80,94)(H,81,95)(H,87,88)(H,89,90)(H,102,103)/t36-,37+,39-,40-,41-,42-,43-,44-,45-,46-,47-,48-,53-/m0/s1. The highest BCUT2D eigenvalue weighted by Crippen LogP contribution is 2.22. The van der Waals surface area contributed by atoms with Crippen molar-refractivity contribution in [1.29, 1.82) is 0 Å². The van der Waals surface area contributed by atoms with Gasteiger partial charge in [0.2, 0.25) is 76.8 Å². The minimum atomic E-state index is -1.90. The summed E-state index contributed by atoms with van der Waals surface area (Å²) in [6, 6.07) is -9.86. The van der Waals surface area contributed by atoms with Gasteiger partial charge in [-0.15, -0.1) is 0 Å². The Kier molecular flexibility index (Phi) is 39.3. The molecule has 38 nitrogen and oxygen atoms in total. The molecular formula is C65H106N18O20. The number of nitrogens with one attached hydrogen (secondary N) is 10. The number of likely N-dealkylation sites (tertiary alicyclic amines) is 2. The van der Waals surface area contributed by atoms with Crippen molar-refractivity contribution >= 4 is 94.7 Å². The average Bonchev–Trinajstić information content (AvgIpc) is 1.76. The van der Waals surface area contributed by atoms with Crippen molar-refractivity contribution in [2.45, 2.75) is 227 Å². The van der Waals surface area contributed by atoms with Crippen LogP contribution >= 0.6 is 0 Å². The maximum absolute atomic E-state index is 14.8. The van der Waals surface area contributed by atoms with Gasteiger partial charge in [-0.2, -0.15) is 0 Å². The second kappa shape index (κ2) is 46.2. The van der Waals surface area contributed by atoms with Crippen LogP contribution in [0.2, 0.25) is 0 Å². The summed E-state index contributed by atoms with van der Waals surface area (Å²) in [5.41, 5.74) is 34.7. The van der Waals surface area contributed by atoms with Gasteiger partial charge in [-0.3, -0.25) is 71.9 Å². The number of primary amides is 1. The summed E-state index contributed by atoms with van der Waals surface area (Å²) in [4.78, 5) is 217. The molecule has 13 atom stereocenters. The van der Waals surface area contributed by atoms with Crippen molar-refractivity contribution in [3.63, 3.8) is 0 Å². The molecule has 576 valence electrons. The number of nitrogens with two attached hydrogens (primary N) is 6. The van der Waals surface area contributed by atoms with E-state index in [1.807, 2.05) is 0 Å². The van der Waals surface area contributed by atoms with E-state index >= 15 is 0 Å². The number of carbonyl (C=O) groups excluding carboxylic acids is 13. The fourth-order valence-electron chi connectivity index (χ4n) is 11.5. The van der Waals surface area contributed by atoms with E-state index in [-0.39, 0.29) is 103 Å². The molecular weight excluding hydrogens is 1350 g/mol. The van der Waals surface area contributed by atoms with Gasteiger partial charge in [0.15, 0.2) is 0 Å². The molecule has 2 heterocycles. The number of unbranched alkanes of at least 4 members (excludes halogenated alkanes) is 4. The molecule has 2 saturated heterocycles. The molecule has 0 saturated carbocycles. The van der Waals surface area contributed by atoms with Crippen molar-refractivity contribution in [2.75, 3.05) is 45.8 Å². The van der Waals surface area contributed by atoms with Gasteiger partial charge in [0, 0.05) is 25.9 Å². The van der Waals surface area contributed by atoms with E-state index in [9.17, 15) is 97.1 Å². The summed E-state index contributed by atoms with van der Waals surface area (Å²) in [7, 11) is 0. The lowest BCUT2D eigenvalue weighted by molar-refractivity contribution is -0.149. The summed E-state index contributed by atoms with van der Waals surface area (Å²) >= 11 is 0. The van der Waals surface area contributed by atoms with Crippen molar-refractivity contribution < 1.29 is 97.1 Å². The van der Waals surface area contributed by atoms with Gasteiger partial charge in [-0.1, -0.05) is 36.8 Å². The molecule has 0 spiro atoms. The number of carboxylic acid groups (broad SMARTS) is 3. The molecule has 2 fully saturated rings. The third-order valence-electron chi connectivity index (χ3n) is 17.2. The van der Waals surface area contributed by atoms with Crippen molar-refractivity contribution in [3.8, 4) is 0 Å². The predicted molar refractivity (Wildman–Crippen MR) is 368 cm³/mol. The first-order valence-electron chi connectivity index (χ1n) is 34.7. The quantitative estimate of drug-likeness (QED) is 0.0270. The van der Waals surface area contributed by atoms with Crippen molar-refractivity contribution in [2.24, 2.45) is 34.4 Å². The largest absolute Gasteiger partial charge is 0.481 e. The minimum Gasteiger partial charge on any atom is -0.481 e. The highest BCUT2D eigenvalue weighted by atomic mass is 16.4. The van der Waals surface area contributed by atoms with E-state index in [2.05, 4.69) is 53.2 Å². The number of amides is 13. The van der Waals surface area contributed by atoms with Crippen LogP contribution in [0.25, 0.3) is 0 Å². The Morgan fingerprint density at radius 1 is 0.476 bits per heavy atom. The third kappa shape index (κ3) is 30.9. The molecule has 1 aromatic carbocycles. The van der Waals surface area contributed by atoms with Gasteiger partial charge < -0.3 is 118 Å². The molecule has 26 N–H and O–H groups in total. The fraction of sp³-hybridized carbons (Fsp3) is 0.662. The number of nitrogens with zero attached hydrogens (tertiary/aromatic N) is 2. The van der Waals surface area contributed by atoms with Gasteiger partial charge in [0.25, 0.3) is 0 Å². The lowest BCUT2D eigenvalue weighted by atomic mass is 10.0. The van der Waals surface area contributed by atoms with Crippen molar-refractivity contribution in [1.82, 2.24) is 63.0 Å². The molecule has 38 heteroatoms. The molecule has 0 aliphatic carbocycles. The first kappa shape index (κ1) is 87.7. The normalized spacial score (nSPS) is 17.3. The lowest BCUT2D eigenvalue weighted by Crippen LogP contribution is -2.61. The zero-order valence-electron chi connectivity index (χ0n) is 58.4. The predicted octanol–water partition coefficient (Wildman–Crippen LogP) is -6.77. The van der Waals surface area contributed by atoms with E-state index in [1.165, 1.54) is 6.92 Å². The Morgan fingerprint density at radius 2 is 0.922 bits per heavy atom. The summed E-state index contributed by atoms with van der Waals surface area (Å²) in [5.74, 6) is -17.0. The van der Waals surface area contributed by atoms with E-state index in [4.69, 9.17) is 34.4 Å². The highest BCUT2D eigenvalue weighted by molar-refractivity contribution is 6.01. The lowest BCUT2D eigenvalue weighted by Gasteiger charge is -2.31. The summed E-state index contributed by atoms with van der Waals surface area (Å²) in [6.45, 7) is 2.45. The van der Waals surface area contributed by atoms with Crippen LogP contribution in [0.5, 0.6) is 0 Å². The number of carboxylic acids is 3. The van der Waals surface area contributed by atoms with Crippen LogP contribution in [0.3, 0.4) is 0 Å². The molecule has 0 aromatic heterocycles. The van der Waals surface area contributed by atoms with Gasteiger partial charge in [0.05, 0.1) is 31.5 Å². The first-order valence-corrected chi connectivity index (χ1v) is 34.7. The molecule has 3 rings (SSSR count). The summed E-state index contributed by atoms with van der Waals surface area (Å²) < 4.78 is 0. The number of carbonyl (C=O) groups is 16. The Hall–Kier alpha value is -9.50. The van der Waals surface area contributed by atoms with Crippen LogP contribution in [-0.2, 0) is 83.1 Å². The van der Waals surface area contributed by atoms with E-state index in [0.29, 0.717) is 50.6 Å². The fourth-order valence-corrected chi connectivity index (χ4v) is 11.5. The van der Waals surface area contributed by atoms with Crippen LogP contribution in [-0.4, -0.2) is 249 Å². The van der Waals surface area contributed by atoms with E-state index in [0.717, 1.165) is 16.7 Å². The number of hydrogen-bond acceptors (Lipinski definition) is 22. The second-order valence-corrected chi connectivity index (χ2v) is 25.5. The van der Waals surface area contributed by atoms with Gasteiger partial charge in [-0.05, 0) is 148 Å². The van der Waals surface area contributed by atoms with Crippen LogP contribution < -0.4 is 87.6 Å². The Labute approximate surface area is 596 Å². The molecule has 2 aliphatic rings. The second-order valence-electron chi connectivity index (χ2n) is 25.5. The summed E-state index contributed by atoms with van der Waals surface area (Å²) in [6.07, 6.45) is -1.73. The Morgan fingerprint density at radius 3 is 1.41 bits per heavy atom. The third-order valence-corrected chi connectivity index (χ3v) is 17.2. The zero-order chi connectivity index (χ0) is 76.9. The van der Waals surface area contributed by atoms with E-state index in [1.54, 1.807) is 30.3 Å². The van der Waals surface area contributed by atoms with Crippen molar-refractivity contribution in [3.05, 3.63) is 35.9 Å². The molecule has 1 aromatic rings. The Bertz CT molecular complexity index is 3060. The number of aliphatic hydroxyl groups is 1. The van der Waals surface area contributed by atoms with Gasteiger partial charge in [-0.25, -0.2) is 4.79 Å². The summed E-state index contributed by atoms with van der Waals surface area (Å²) in [5, 5.41) is 64.6. The SMILES string of the molecule is C[C@H](NC(=O)[C@H](CC(N)=O)NC(=O)[C@@H]1CCCN1C(=O)[C@H](CC(=O)O)NC(=O)[C@H](CCCCN)NC(=O)[C@H](Cc1ccccc1)NC(=O)[C@H](CCCCN)NC(=O)[C@H](CCCCN)NC(=O)[C@@H](NC(=O)[C@H](CCC(=O)O)NC(=O)CNC(=O)[C@@H](N)CCCCN)[C@@H](C)O)C(=O)N1CCC[C@H]1C(=O)O.